The molecule has 210 valence electrons. The molecule has 0 spiro atoms. The Morgan fingerprint density at radius 2 is 0.930 bits per heavy atom. The van der Waals surface area contributed by atoms with Crippen molar-refractivity contribution in [3.8, 4) is 34.4 Å². The van der Waals surface area contributed by atoms with E-state index in [0.717, 1.165) is 22.3 Å². The molecule has 6 aromatic rings. The van der Waals surface area contributed by atoms with Crippen LogP contribution in [0.5, 0.6) is 23.3 Å². The fourth-order valence-corrected chi connectivity index (χ4v) is 6.17. The molecule has 0 bridgehead atoms. The lowest BCUT2D eigenvalue weighted by Gasteiger charge is -2.34. The maximum Gasteiger partial charge on any atom is 0.222 e. The average molecular weight is 563 g/mol. The number of nitrogens with zero attached hydrogens (tertiary/aromatic N) is 2. The molecule has 1 aliphatic carbocycles. The first kappa shape index (κ1) is 26.3. The van der Waals surface area contributed by atoms with Crippen molar-refractivity contribution in [1.82, 2.24) is 9.97 Å². The van der Waals surface area contributed by atoms with Gasteiger partial charge in [-0.1, -0.05) is 72.8 Å². The number of pyridine rings is 2. The first-order valence-corrected chi connectivity index (χ1v) is 14.1. The summed E-state index contributed by atoms with van der Waals surface area (Å²) in [6.07, 6.45) is 3.21. The Hall–Kier alpha value is -5.62. The van der Waals surface area contributed by atoms with Gasteiger partial charge in [0.2, 0.25) is 11.8 Å². The summed E-state index contributed by atoms with van der Waals surface area (Å²) >= 11 is 0. The molecule has 0 aliphatic heterocycles. The summed E-state index contributed by atoms with van der Waals surface area (Å²) in [6.45, 7) is 3.87. The van der Waals surface area contributed by atoms with Gasteiger partial charge < -0.3 is 20.9 Å². The van der Waals surface area contributed by atoms with Gasteiger partial charge in [0.25, 0.3) is 0 Å². The molecule has 0 atom stereocenters. The maximum atomic E-state index is 6.15. The van der Waals surface area contributed by atoms with Crippen LogP contribution in [0.25, 0.3) is 11.1 Å². The minimum Gasteiger partial charge on any atom is -0.439 e. The summed E-state index contributed by atoms with van der Waals surface area (Å²) in [5, 5.41) is 0. The number of aryl methyl sites for hydroxylation is 2. The number of rotatable bonds is 6. The quantitative estimate of drug-likeness (QED) is 0.212. The Balaban J connectivity index is 1.34. The second kappa shape index (κ2) is 10.3. The molecule has 4 N–H and O–H groups in total. The summed E-state index contributed by atoms with van der Waals surface area (Å²) in [5.74, 6) is 2.48. The molecule has 4 aromatic carbocycles. The molecular weight excluding hydrogens is 532 g/mol. The van der Waals surface area contributed by atoms with Gasteiger partial charge in [0.05, 0.1) is 29.2 Å². The standard InChI is InChI=1S/C37H30N4O2/c1-23-19-27(38)21-40-35(23)42-29-15-11-25(12-16-29)37(33-9-5-3-7-31(33)32-8-4-6-10-34(32)37)26-13-17-30(18-14-26)43-36-24(2)20-28(39)22-41-36/h3-22H,38-39H2,1-2H3. The lowest BCUT2D eigenvalue weighted by molar-refractivity contribution is 0.458. The number of hydrogen-bond donors (Lipinski definition) is 2. The van der Waals surface area contributed by atoms with Crippen LogP contribution in [0.4, 0.5) is 11.4 Å². The van der Waals surface area contributed by atoms with E-state index in [1.807, 2.05) is 50.2 Å². The normalized spacial score (nSPS) is 12.8. The summed E-state index contributed by atoms with van der Waals surface area (Å²) in [7, 11) is 0. The van der Waals surface area contributed by atoms with E-state index in [9.17, 15) is 0 Å². The van der Waals surface area contributed by atoms with Gasteiger partial charge in [-0.3, -0.25) is 0 Å². The average Bonchev–Trinajstić information content (AvgIpc) is 3.32. The largest absolute Gasteiger partial charge is 0.439 e. The number of aromatic nitrogens is 2. The van der Waals surface area contributed by atoms with Crippen LogP contribution < -0.4 is 20.9 Å². The minimum absolute atomic E-state index is 0.537. The molecular formula is C37H30N4O2. The lowest BCUT2D eigenvalue weighted by atomic mass is 9.68. The van der Waals surface area contributed by atoms with Crippen LogP contribution in [0.15, 0.2) is 122 Å². The molecule has 7 rings (SSSR count). The topological polar surface area (TPSA) is 96.3 Å². The number of ether oxygens (including phenoxy) is 2. The number of nitrogens with two attached hydrogens (primary N) is 2. The van der Waals surface area contributed by atoms with Crippen molar-refractivity contribution in [2.75, 3.05) is 11.5 Å². The molecule has 0 fully saturated rings. The van der Waals surface area contributed by atoms with Crippen molar-refractivity contribution in [2.24, 2.45) is 0 Å². The van der Waals surface area contributed by atoms with Gasteiger partial charge in [0, 0.05) is 11.1 Å². The van der Waals surface area contributed by atoms with E-state index in [2.05, 4.69) is 82.8 Å². The van der Waals surface area contributed by atoms with E-state index in [-0.39, 0.29) is 0 Å². The maximum absolute atomic E-state index is 6.15. The van der Waals surface area contributed by atoms with Gasteiger partial charge >= 0.3 is 0 Å². The molecule has 2 aromatic heterocycles. The van der Waals surface area contributed by atoms with Gasteiger partial charge in [-0.25, -0.2) is 9.97 Å². The summed E-state index contributed by atoms with van der Waals surface area (Å²) < 4.78 is 12.3. The highest BCUT2D eigenvalue weighted by Crippen LogP contribution is 2.56. The van der Waals surface area contributed by atoms with Gasteiger partial charge in [-0.2, -0.15) is 0 Å². The molecule has 0 unspecified atom stereocenters. The minimum atomic E-state index is -0.547. The summed E-state index contributed by atoms with van der Waals surface area (Å²) in [6, 6.07) is 37.6. The summed E-state index contributed by atoms with van der Waals surface area (Å²) in [4.78, 5) is 8.74. The van der Waals surface area contributed by atoms with E-state index in [4.69, 9.17) is 20.9 Å². The van der Waals surface area contributed by atoms with Crippen LogP contribution in [0, 0.1) is 13.8 Å². The van der Waals surface area contributed by atoms with Gasteiger partial charge in [0.15, 0.2) is 0 Å². The van der Waals surface area contributed by atoms with Crippen LogP contribution in [-0.4, -0.2) is 9.97 Å². The predicted octanol–water partition coefficient (Wildman–Crippen LogP) is 8.21. The van der Waals surface area contributed by atoms with E-state index in [1.54, 1.807) is 12.4 Å². The number of fused-ring (bicyclic) bond motifs is 3. The molecule has 0 saturated carbocycles. The van der Waals surface area contributed by atoms with E-state index < -0.39 is 5.41 Å². The number of hydrogen-bond acceptors (Lipinski definition) is 6. The van der Waals surface area contributed by atoms with E-state index in [0.29, 0.717) is 34.6 Å². The van der Waals surface area contributed by atoms with Crippen LogP contribution in [0.1, 0.15) is 33.4 Å². The highest BCUT2D eigenvalue weighted by Gasteiger charge is 2.45. The first-order valence-electron chi connectivity index (χ1n) is 14.1. The Morgan fingerprint density at radius 1 is 0.535 bits per heavy atom. The van der Waals surface area contributed by atoms with E-state index >= 15 is 0 Å². The second-order valence-corrected chi connectivity index (χ2v) is 10.9. The zero-order chi connectivity index (χ0) is 29.6. The smallest absolute Gasteiger partial charge is 0.222 e. The summed E-state index contributed by atoms with van der Waals surface area (Å²) in [5.41, 5.74) is 21.4. The van der Waals surface area contributed by atoms with Crippen molar-refractivity contribution in [3.05, 3.63) is 155 Å². The zero-order valence-electron chi connectivity index (χ0n) is 23.9. The Kier molecular flexibility index (Phi) is 6.32. The molecule has 43 heavy (non-hydrogen) atoms. The SMILES string of the molecule is Cc1cc(N)cnc1Oc1ccc(C2(c3ccc(Oc4ncc(N)cc4C)cc3)c3ccccc3-c3ccccc32)cc1. The van der Waals surface area contributed by atoms with E-state index in [1.165, 1.54) is 22.3 Å². The van der Waals surface area contributed by atoms with Crippen LogP contribution in [-0.2, 0) is 5.41 Å². The number of nitrogen functional groups attached to an aromatic ring is 2. The highest BCUT2D eigenvalue weighted by atomic mass is 16.5. The van der Waals surface area contributed by atoms with Crippen molar-refractivity contribution < 1.29 is 9.47 Å². The number of anilines is 2. The Labute approximate surface area is 250 Å². The third kappa shape index (κ3) is 4.44. The van der Waals surface area contributed by atoms with Crippen molar-refractivity contribution in [1.29, 1.82) is 0 Å². The molecule has 1 aliphatic rings. The third-order valence-corrected chi connectivity index (χ3v) is 8.06. The fourth-order valence-electron chi connectivity index (χ4n) is 6.17. The van der Waals surface area contributed by atoms with Gasteiger partial charge in [-0.15, -0.1) is 0 Å². The second-order valence-electron chi connectivity index (χ2n) is 10.9. The van der Waals surface area contributed by atoms with Crippen LogP contribution in [0.2, 0.25) is 0 Å². The lowest BCUT2D eigenvalue weighted by Crippen LogP contribution is -2.28. The molecule has 6 nitrogen and oxygen atoms in total. The number of benzene rings is 4. The molecule has 0 radical (unpaired) electrons. The molecule has 6 heteroatoms. The first-order chi connectivity index (χ1) is 20.9. The van der Waals surface area contributed by atoms with Gasteiger partial charge in [-0.05, 0) is 83.6 Å². The Bertz CT molecular complexity index is 1820. The molecule has 0 amide bonds. The van der Waals surface area contributed by atoms with Crippen LogP contribution >= 0.6 is 0 Å². The van der Waals surface area contributed by atoms with Crippen molar-refractivity contribution in [3.63, 3.8) is 0 Å². The fraction of sp³-hybridized carbons (Fsp3) is 0.0811. The van der Waals surface area contributed by atoms with Crippen molar-refractivity contribution in [2.45, 2.75) is 19.3 Å². The van der Waals surface area contributed by atoms with Gasteiger partial charge in [0.1, 0.15) is 11.5 Å². The Morgan fingerprint density at radius 3 is 1.33 bits per heavy atom. The monoisotopic (exact) mass is 562 g/mol. The third-order valence-electron chi connectivity index (χ3n) is 8.06. The van der Waals surface area contributed by atoms with Crippen LogP contribution in [0.3, 0.4) is 0 Å². The molecule has 2 heterocycles. The molecule has 0 saturated heterocycles. The highest BCUT2D eigenvalue weighted by molar-refractivity contribution is 5.86. The predicted molar refractivity (Wildman–Crippen MR) is 171 cm³/mol. The zero-order valence-corrected chi connectivity index (χ0v) is 23.9. The van der Waals surface area contributed by atoms with Crippen molar-refractivity contribution >= 4 is 11.4 Å².